The first-order valence-corrected chi connectivity index (χ1v) is 8.96. The van der Waals surface area contributed by atoms with Crippen LogP contribution in [0.5, 0.6) is 0 Å². The van der Waals surface area contributed by atoms with E-state index in [2.05, 4.69) is 35.6 Å². The second kappa shape index (κ2) is 8.68. The molecule has 4 rings (SSSR count). The highest BCUT2D eigenvalue weighted by Gasteiger charge is 2.09. The minimum atomic E-state index is 0.489. The Labute approximate surface area is 163 Å². The average Bonchev–Trinajstić information content (AvgIpc) is 2.78. The van der Waals surface area contributed by atoms with Crippen LogP contribution >= 0.6 is 0 Å². The van der Waals surface area contributed by atoms with Crippen molar-refractivity contribution in [2.45, 2.75) is 13.1 Å². The van der Waals surface area contributed by atoms with Crippen molar-refractivity contribution in [1.82, 2.24) is 24.9 Å². The Morgan fingerprint density at radius 3 is 1.61 bits per heavy atom. The topological polar surface area (TPSA) is 88.5 Å². The van der Waals surface area contributed by atoms with Crippen molar-refractivity contribution in [2.24, 2.45) is 0 Å². The van der Waals surface area contributed by atoms with Crippen LogP contribution in [0.15, 0.2) is 79.1 Å². The number of anilines is 2. The highest BCUT2D eigenvalue weighted by molar-refractivity contribution is 5.57. The molecule has 0 amide bonds. The van der Waals surface area contributed by atoms with Crippen LogP contribution in [0.25, 0.3) is 11.4 Å². The molecule has 0 aliphatic rings. The molecule has 0 bridgehead atoms. The van der Waals surface area contributed by atoms with Gasteiger partial charge in [0.25, 0.3) is 0 Å². The number of nitrogens with zero attached hydrogens (tertiary/aromatic N) is 5. The quantitative estimate of drug-likeness (QED) is 0.515. The summed E-state index contributed by atoms with van der Waals surface area (Å²) in [5.41, 5.74) is 2.74. The third-order valence-electron chi connectivity index (χ3n) is 3.97. The van der Waals surface area contributed by atoms with Crippen LogP contribution in [0.2, 0.25) is 0 Å². The molecule has 4 aromatic rings. The van der Waals surface area contributed by atoms with Gasteiger partial charge in [0.1, 0.15) is 0 Å². The molecule has 3 aromatic heterocycles. The van der Waals surface area contributed by atoms with Gasteiger partial charge in [-0.05, 0) is 24.3 Å². The molecule has 0 aliphatic heterocycles. The zero-order chi connectivity index (χ0) is 19.0. The van der Waals surface area contributed by atoms with Gasteiger partial charge in [-0.3, -0.25) is 9.97 Å². The van der Waals surface area contributed by atoms with E-state index in [1.165, 1.54) is 0 Å². The van der Waals surface area contributed by atoms with Crippen LogP contribution in [-0.4, -0.2) is 24.9 Å². The lowest BCUT2D eigenvalue weighted by Gasteiger charge is -2.10. The standard InChI is InChI=1S/C21H19N7/c1-2-8-16(9-3-1)19-26-20(24-14-17-10-4-6-12-22-17)28-21(27-19)25-15-18-11-5-7-13-23-18/h1-13H,14-15H2,(H2,24,25,26,27,28). The Bertz CT molecular complexity index is 947. The van der Waals surface area contributed by atoms with Gasteiger partial charge in [0.2, 0.25) is 11.9 Å². The molecule has 0 spiro atoms. The Balaban J connectivity index is 1.57. The number of aromatic nitrogens is 5. The number of hydrogen-bond acceptors (Lipinski definition) is 7. The first kappa shape index (κ1) is 17.5. The molecule has 1 aromatic carbocycles. The predicted molar refractivity (Wildman–Crippen MR) is 108 cm³/mol. The van der Waals surface area contributed by atoms with E-state index in [-0.39, 0.29) is 0 Å². The van der Waals surface area contributed by atoms with Crippen LogP contribution in [0, 0.1) is 0 Å². The van der Waals surface area contributed by atoms with Crippen LogP contribution < -0.4 is 10.6 Å². The molecule has 138 valence electrons. The van der Waals surface area contributed by atoms with Crippen molar-refractivity contribution in [1.29, 1.82) is 0 Å². The number of benzene rings is 1. The molecule has 0 saturated carbocycles. The molecular formula is C21H19N7. The van der Waals surface area contributed by atoms with Gasteiger partial charge in [0.05, 0.1) is 24.5 Å². The van der Waals surface area contributed by atoms with Crippen LogP contribution in [0.3, 0.4) is 0 Å². The SMILES string of the molecule is c1ccc(-c2nc(NCc3ccccn3)nc(NCc3ccccn3)n2)cc1. The number of hydrogen-bond donors (Lipinski definition) is 2. The lowest BCUT2D eigenvalue weighted by molar-refractivity contribution is 0.953. The third kappa shape index (κ3) is 4.64. The van der Waals surface area contributed by atoms with Crippen molar-refractivity contribution in [3.63, 3.8) is 0 Å². The van der Waals surface area contributed by atoms with E-state index < -0.39 is 0 Å². The van der Waals surface area contributed by atoms with Gasteiger partial charge < -0.3 is 10.6 Å². The minimum absolute atomic E-state index is 0.489. The molecule has 2 N–H and O–H groups in total. The largest absolute Gasteiger partial charge is 0.348 e. The lowest BCUT2D eigenvalue weighted by atomic mass is 10.2. The van der Waals surface area contributed by atoms with E-state index in [9.17, 15) is 0 Å². The van der Waals surface area contributed by atoms with E-state index in [0.717, 1.165) is 17.0 Å². The van der Waals surface area contributed by atoms with Crippen LogP contribution in [0.4, 0.5) is 11.9 Å². The van der Waals surface area contributed by atoms with Crippen LogP contribution in [0.1, 0.15) is 11.4 Å². The summed E-state index contributed by atoms with van der Waals surface area (Å²) in [7, 11) is 0. The van der Waals surface area contributed by atoms with Gasteiger partial charge in [0, 0.05) is 18.0 Å². The molecule has 0 unspecified atom stereocenters. The molecule has 0 atom stereocenters. The highest BCUT2D eigenvalue weighted by atomic mass is 15.2. The number of pyridine rings is 2. The van der Waals surface area contributed by atoms with Crippen molar-refractivity contribution < 1.29 is 0 Å². The Kier molecular flexibility index (Phi) is 5.44. The van der Waals surface area contributed by atoms with Gasteiger partial charge in [-0.15, -0.1) is 0 Å². The smallest absolute Gasteiger partial charge is 0.228 e. The molecule has 3 heterocycles. The summed E-state index contributed by atoms with van der Waals surface area (Å²) in [6.07, 6.45) is 3.53. The van der Waals surface area contributed by atoms with E-state index in [0.29, 0.717) is 30.8 Å². The Morgan fingerprint density at radius 2 is 1.11 bits per heavy atom. The van der Waals surface area contributed by atoms with Gasteiger partial charge in [-0.2, -0.15) is 15.0 Å². The first-order valence-electron chi connectivity index (χ1n) is 8.96. The summed E-state index contributed by atoms with van der Waals surface area (Å²) in [5, 5.41) is 6.46. The first-order chi connectivity index (χ1) is 13.9. The summed E-state index contributed by atoms with van der Waals surface area (Å²) in [4.78, 5) is 22.2. The van der Waals surface area contributed by atoms with E-state index in [1.54, 1.807) is 12.4 Å². The van der Waals surface area contributed by atoms with Gasteiger partial charge in [0.15, 0.2) is 5.82 Å². The molecule has 0 radical (unpaired) electrons. The summed E-state index contributed by atoms with van der Waals surface area (Å²) >= 11 is 0. The maximum Gasteiger partial charge on any atom is 0.228 e. The summed E-state index contributed by atoms with van der Waals surface area (Å²) < 4.78 is 0. The lowest BCUT2D eigenvalue weighted by Crippen LogP contribution is -2.11. The minimum Gasteiger partial charge on any atom is -0.348 e. The maximum atomic E-state index is 4.56. The fraction of sp³-hybridized carbons (Fsp3) is 0.0952. The van der Waals surface area contributed by atoms with E-state index in [4.69, 9.17) is 0 Å². The van der Waals surface area contributed by atoms with Gasteiger partial charge in [-0.1, -0.05) is 42.5 Å². The average molecular weight is 369 g/mol. The molecule has 7 heteroatoms. The maximum absolute atomic E-state index is 4.56. The molecule has 0 saturated heterocycles. The van der Waals surface area contributed by atoms with Crippen molar-refractivity contribution in [3.8, 4) is 11.4 Å². The Morgan fingerprint density at radius 1 is 0.571 bits per heavy atom. The van der Waals surface area contributed by atoms with Gasteiger partial charge in [-0.25, -0.2) is 0 Å². The third-order valence-corrected chi connectivity index (χ3v) is 3.97. The van der Waals surface area contributed by atoms with Gasteiger partial charge >= 0.3 is 0 Å². The highest BCUT2D eigenvalue weighted by Crippen LogP contribution is 2.18. The summed E-state index contributed by atoms with van der Waals surface area (Å²) in [6, 6.07) is 21.4. The second-order valence-corrected chi connectivity index (χ2v) is 6.02. The molecular weight excluding hydrogens is 350 g/mol. The molecule has 0 fully saturated rings. The van der Waals surface area contributed by atoms with E-state index >= 15 is 0 Å². The number of nitrogens with one attached hydrogen (secondary N) is 2. The monoisotopic (exact) mass is 369 g/mol. The van der Waals surface area contributed by atoms with Crippen molar-refractivity contribution in [2.75, 3.05) is 10.6 Å². The zero-order valence-electron chi connectivity index (χ0n) is 15.2. The summed E-state index contributed by atoms with van der Waals surface area (Å²) in [6.45, 7) is 1.05. The van der Waals surface area contributed by atoms with E-state index in [1.807, 2.05) is 66.7 Å². The van der Waals surface area contributed by atoms with Crippen LogP contribution in [-0.2, 0) is 13.1 Å². The molecule has 0 aliphatic carbocycles. The fourth-order valence-corrected chi connectivity index (χ4v) is 2.59. The zero-order valence-corrected chi connectivity index (χ0v) is 15.2. The fourth-order valence-electron chi connectivity index (χ4n) is 2.59. The second-order valence-electron chi connectivity index (χ2n) is 6.02. The summed E-state index contributed by atoms with van der Waals surface area (Å²) in [5.74, 6) is 1.58. The van der Waals surface area contributed by atoms with Crippen molar-refractivity contribution in [3.05, 3.63) is 90.5 Å². The van der Waals surface area contributed by atoms with Crippen molar-refractivity contribution >= 4 is 11.9 Å². The normalized spacial score (nSPS) is 10.4. The Hall–Kier alpha value is -3.87. The molecule has 28 heavy (non-hydrogen) atoms. The molecule has 7 nitrogen and oxygen atoms in total. The predicted octanol–water partition coefficient (Wildman–Crippen LogP) is 3.55. The number of rotatable bonds is 7.